The van der Waals surface area contributed by atoms with Crippen molar-refractivity contribution >= 4 is 11.8 Å². The Hall–Kier alpha value is -2.37. The van der Waals surface area contributed by atoms with Gasteiger partial charge in [0.1, 0.15) is 11.4 Å². The van der Waals surface area contributed by atoms with Crippen molar-refractivity contribution in [3.05, 3.63) is 30.2 Å². The first kappa shape index (κ1) is 12.7. The van der Waals surface area contributed by atoms with Gasteiger partial charge >= 0.3 is 5.97 Å². The molecule has 2 aromatic heterocycles. The molecule has 1 fully saturated rings. The number of nitrogens with zero attached hydrogens (tertiary/aromatic N) is 3. The van der Waals surface area contributed by atoms with Crippen LogP contribution in [0, 0.1) is 0 Å². The summed E-state index contributed by atoms with van der Waals surface area (Å²) in [5, 5.41) is 9.29. The Kier molecular flexibility index (Phi) is 3.37. The van der Waals surface area contributed by atoms with E-state index in [-0.39, 0.29) is 5.56 Å². The van der Waals surface area contributed by atoms with Crippen LogP contribution in [0.5, 0.6) is 0 Å². The molecule has 3 heterocycles. The number of carboxylic acid groups (broad SMARTS) is 1. The molecule has 1 saturated heterocycles. The van der Waals surface area contributed by atoms with E-state index in [0.717, 1.165) is 25.9 Å². The molecule has 0 aromatic carbocycles. The molecule has 0 spiro atoms. The highest BCUT2D eigenvalue weighted by Crippen LogP contribution is 2.25. The van der Waals surface area contributed by atoms with E-state index in [1.54, 1.807) is 18.4 Å². The van der Waals surface area contributed by atoms with Gasteiger partial charge in [0.15, 0.2) is 11.6 Å². The predicted molar refractivity (Wildman–Crippen MR) is 72.8 cm³/mol. The predicted octanol–water partition coefficient (Wildman–Crippen LogP) is 2.43. The summed E-state index contributed by atoms with van der Waals surface area (Å²) in [7, 11) is 0. The molecule has 0 atom stereocenters. The highest BCUT2D eigenvalue weighted by molar-refractivity contribution is 5.93. The Labute approximate surface area is 116 Å². The molecule has 0 amide bonds. The van der Waals surface area contributed by atoms with Gasteiger partial charge in [-0.1, -0.05) is 0 Å². The number of piperidine rings is 1. The molecule has 6 nitrogen and oxygen atoms in total. The molecular formula is C14H15N3O3. The van der Waals surface area contributed by atoms with Crippen molar-refractivity contribution in [1.29, 1.82) is 0 Å². The number of anilines is 1. The summed E-state index contributed by atoms with van der Waals surface area (Å²) in [4.78, 5) is 21.8. The third-order valence-electron chi connectivity index (χ3n) is 3.40. The van der Waals surface area contributed by atoms with Gasteiger partial charge in [0.25, 0.3) is 0 Å². The quantitative estimate of drug-likeness (QED) is 0.925. The average molecular weight is 273 g/mol. The number of hydrogen-bond donors (Lipinski definition) is 1. The van der Waals surface area contributed by atoms with Gasteiger partial charge in [-0.05, 0) is 31.4 Å². The summed E-state index contributed by atoms with van der Waals surface area (Å²) in [5.74, 6) is 0.441. The molecule has 1 aliphatic rings. The molecule has 1 aliphatic heterocycles. The first-order valence-corrected chi connectivity index (χ1v) is 6.65. The van der Waals surface area contributed by atoms with E-state index in [1.165, 1.54) is 12.6 Å². The van der Waals surface area contributed by atoms with Gasteiger partial charge in [-0.25, -0.2) is 14.8 Å². The lowest BCUT2D eigenvalue weighted by Crippen LogP contribution is -2.32. The van der Waals surface area contributed by atoms with Crippen molar-refractivity contribution < 1.29 is 14.3 Å². The third kappa shape index (κ3) is 2.36. The summed E-state index contributed by atoms with van der Waals surface area (Å²) in [6, 6.07) is 3.51. The second-order valence-electron chi connectivity index (χ2n) is 4.76. The van der Waals surface area contributed by atoms with Gasteiger partial charge in [0.2, 0.25) is 0 Å². The van der Waals surface area contributed by atoms with Crippen LogP contribution in [0.1, 0.15) is 29.6 Å². The van der Waals surface area contributed by atoms with Gasteiger partial charge in [-0.3, -0.25) is 0 Å². The zero-order valence-corrected chi connectivity index (χ0v) is 11.0. The van der Waals surface area contributed by atoms with Crippen LogP contribution in [0.4, 0.5) is 5.82 Å². The zero-order valence-electron chi connectivity index (χ0n) is 11.0. The van der Waals surface area contributed by atoms with Crippen LogP contribution in [0.2, 0.25) is 0 Å². The topological polar surface area (TPSA) is 79.5 Å². The van der Waals surface area contributed by atoms with Crippen LogP contribution in [0.3, 0.4) is 0 Å². The van der Waals surface area contributed by atoms with Crippen molar-refractivity contribution in [2.45, 2.75) is 19.3 Å². The number of hydrogen-bond acceptors (Lipinski definition) is 5. The summed E-state index contributed by atoms with van der Waals surface area (Å²) in [6.45, 7) is 1.66. The van der Waals surface area contributed by atoms with Gasteiger partial charge in [-0.2, -0.15) is 0 Å². The molecule has 0 bridgehead atoms. The minimum Gasteiger partial charge on any atom is -0.477 e. The van der Waals surface area contributed by atoms with Gasteiger partial charge in [-0.15, -0.1) is 0 Å². The second-order valence-corrected chi connectivity index (χ2v) is 4.76. The van der Waals surface area contributed by atoms with E-state index in [9.17, 15) is 9.90 Å². The molecule has 20 heavy (non-hydrogen) atoms. The summed E-state index contributed by atoms with van der Waals surface area (Å²) in [5.41, 5.74) is 0.141. The molecule has 0 saturated carbocycles. The second kappa shape index (κ2) is 5.32. The minimum absolute atomic E-state index is 0.141. The highest BCUT2D eigenvalue weighted by atomic mass is 16.4. The minimum atomic E-state index is -1.00. The van der Waals surface area contributed by atoms with E-state index < -0.39 is 5.97 Å². The van der Waals surface area contributed by atoms with Crippen LogP contribution in [-0.4, -0.2) is 34.1 Å². The molecule has 104 valence electrons. The normalized spacial score (nSPS) is 15.3. The Morgan fingerprint density at radius 1 is 1.30 bits per heavy atom. The van der Waals surface area contributed by atoms with E-state index in [1.807, 2.05) is 4.90 Å². The van der Waals surface area contributed by atoms with Gasteiger partial charge in [0, 0.05) is 19.3 Å². The van der Waals surface area contributed by atoms with Crippen LogP contribution in [0.25, 0.3) is 11.6 Å². The van der Waals surface area contributed by atoms with Crippen LogP contribution in [-0.2, 0) is 0 Å². The molecule has 0 aliphatic carbocycles. The SMILES string of the molecule is O=C(O)c1cnc(-c2ccco2)nc1N1CCCCC1. The van der Waals surface area contributed by atoms with E-state index in [0.29, 0.717) is 17.4 Å². The van der Waals surface area contributed by atoms with Crippen molar-refractivity contribution in [3.8, 4) is 11.6 Å². The summed E-state index contributed by atoms with van der Waals surface area (Å²) >= 11 is 0. The number of carbonyl (C=O) groups is 1. The number of furan rings is 1. The van der Waals surface area contributed by atoms with Crippen molar-refractivity contribution in [2.75, 3.05) is 18.0 Å². The molecule has 0 radical (unpaired) electrons. The van der Waals surface area contributed by atoms with E-state index in [4.69, 9.17) is 4.42 Å². The summed E-state index contributed by atoms with van der Waals surface area (Å²) in [6.07, 6.45) is 6.19. The molecular weight excluding hydrogens is 258 g/mol. The third-order valence-corrected chi connectivity index (χ3v) is 3.40. The maximum atomic E-state index is 11.3. The zero-order chi connectivity index (χ0) is 13.9. The fourth-order valence-corrected chi connectivity index (χ4v) is 2.39. The fourth-order valence-electron chi connectivity index (χ4n) is 2.39. The first-order chi connectivity index (χ1) is 9.75. The van der Waals surface area contributed by atoms with Crippen molar-refractivity contribution in [2.24, 2.45) is 0 Å². The molecule has 0 unspecified atom stereocenters. The largest absolute Gasteiger partial charge is 0.477 e. The fraction of sp³-hybridized carbons (Fsp3) is 0.357. The Balaban J connectivity index is 2.03. The Morgan fingerprint density at radius 2 is 2.10 bits per heavy atom. The van der Waals surface area contributed by atoms with E-state index in [2.05, 4.69) is 9.97 Å². The van der Waals surface area contributed by atoms with Gasteiger partial charge in [0.05, 0.1) is 6.26 Å². The number of carboxylic acids is 1. The lowest BCUT2D eigenvalue weighted by molar-refractivity contribution is 0.0696. The lowest BCUT2D eigenvalue weighted by Gasteiger charge is -2.28. The number of aromatic carboxylic acids is 1. The molecule has 3 rings (SSSR count). The lowest BCUT2D eigenvalue weighted by atomic mass is 10.1. The Bertz CT molecular complexity index is 604. The van der Waals surface area contributed by atoms with Crippen molar-refractivity contribution in [3.63, 3.8) is 0 Å². The maximum absolute atomic E-state index is 11.3. The number of rotatable bonds is 3. The molecule has 6 heteroatoms. The standard InChI is InChI=1S/C14H15N3O3/c18-14(19)10-9-15-12(11-5-4-8-20-11)16-13(10)17-6-2-1-3-7-17/h4-5,8-9H,1-3,6-7H2,(H,18,19). The van der Waals surface area contributed by atoms with Crippen LogP contribution >= 0.6 is 0 Å². The first-order valence-electron chi connectivity index (χ1n) is 6.65. The smallest absolute Gasteiger partial charge is 0.341 e. The van der Waals surface area contributed by atoms with Crippen molar-refractivity contribution in [1.82, 2.24) is 9.97 Å². The van der Waals surface area contributed by atoms with Crippen LogP contribution < -0.4 is 4.90 Å². The molecule has 2 aromatic rings. The van der Waals surface area contributed by atoms with Crippen LogP contribution in [0.15, 0.2) is 29.0 Å². The number of aromatic nitrogens is 2. The molecule has 1 N–H and O–H groups in total. The average Bonchev–Trinajstić information content (AvgIpc) is 3.02. The highest BCUT2D eigenvalue weighted by Gasteiger charge is 2.21. The van der Waals surface area contributed by atoms with Gasteiger partial charge < -0.3 is 14.4 Å². The summed E-state index contributed by atoms with van der Waals surface area (Å²) < 4.78 is 5.27. The maximum Gasteiger partial charge on any atom is 0.341 e. The monoisotopic (exact) mass is 273 g/mol. The Morgan fingerprint density at radius 3 is 2.75 bits per heavy atom. The van der Waals surface area contributed by atoms with E-state index >= 15 is 0 Å².